The molecule has 0 amide bonds. The Hall–Kier alpha value is -1.62. The molecule has 0 unspecified atom stereocenters. The first-order chi connectivity index (χ1) is 9.11. The summed E-state index contributed by atoms with van der Waals surface area (Å²) in [5, 5.41) is 14.2. The number of nitrogens with one attached hydrogen (secondary N) is 1. The second kappa shape index (κ2) is 6.02. The molecule has 104 valence electrons. The molecular formula is C14H21N3O2. The SMILES string of the molecule is CCCNc1ccc([N+](=O)[O-])cc1CN(C)C1CC1. The van der Waals surface area contributed by atoms with Crippen molar-refractivity contribution in [3.63, 3.8) is 0 Å². The molecule has 1 fully saturated rings. The van der Waals surface area contributed by atoms with Crippen LogP contribution in [-0.4, -0.2) is 29.5 Å². The van der Waals surface area contributed by atoms with E-state index in [0.29, 0.717) is 6.04 Å². The van der Waals surface area contributed by atoms with Crippen LogP contribution in [-0.2, 0) is 6.54 Å². The summed E-state index contributed by atoms with van der Waals surface area (Å²) in [6, 6.07) is 5.73. The fourth-order valence-electron chi connectivity index (χ4n) is 2.17. The van der Waals surface area contributed by atoms with Crippen molar-refractivity contribution >= 4 is 11.4 Å². The average Bonchev–Trinajstić information content (AvgIpc) is 3.21. The first-order valence-electron chi connectivity index (χ1n) is 6.83. The molecule has 1 saturated carbocycles. The number of non-ortho nitro benzene ring substituents is 1. The van der Waals surface area contributed by atoms with E-state index in [2.05, 4.69) is 24.2 Å². The highest BCUT2D eigenvalue weighted by Crippen LogP contribution is 2.29. The largest absolute Gasteiger partial charge is 0.385 e. The van der Waals surface area contributed by atoms with Gasteiger partial charge in [-0.1, -0.05) is 6.92 Å². The Bertz CT molecular complexity index is 458. The van der Waals surface area contributed by atoms with Gasteiger partial charge in [-0.05, 0) is 37.9 Å². The van der Waals surface area contributed by atoms with Gasteiger partial charge >= 0.3 is 0 Å². The maximum absolute atomic E-state index is 10.9. The molecular weight excluding hydrogens is 242 g/mol. The van der Waals surface area contributed by atoms with Crippen molar-refractivity contribution < 1.29 is 4.92 Å². The first kappa shape index (κ1) is 13.8. The summed E-state index contributed by atoms with van der Waals surface area (Å²) in [5.41, 5.74) is 2.19. The lowest BCUT2D eigenvalue weighted by atomic mass is 10.1. The molecule has 1 aromatic carbocycles. The molecule has 1 aliphatic rings. The number of nitrogens with zero attached hydrogens (tertiary/aromatic N) is 2. The number of rotatable bonds is 7. The van der Waals surface area contributed by atoms with Gasteiger partial charge in [0, 0.05) is 37.0 Å². The summed E-state index contributed by atoms with van der Waals surface area (Å²) < 4.78 is 0. The van der Waals surface area contributed by atoms with Crippen LogP contribution in [0, 0.1) is 10.1 Å². The van der Waals surface area contributed by atoms with E-state index in [1.54, 1.807) is 12.1 Å². The standard InChI is InChI=1S/C14H21N3O2/c1-3-8-15-14-7-6-13(17(18)19)9-11(14)10-16(2)12-4-5-12/h6-7,9,12,15H,3-5,8,10H2,1-2H3. The maximum Gasteiger partial charge on any atom is 0.269 e. The molecule has 5 heteroatoms. The van der Waals surface area contributed by atoms with Crippen molar-refractivity contribution in [2.24, 2.45) is 0 Å². The van der Waals surface area contributed by atoms with E-state index < -0.39 is 0 Å². The topological polar surface area (TPSA) is 58.4 Å². The highest BCUT2D eigenvalue weighted by atomic mass is 16.6. The minimum Gasteiger partial charge on any atom is -0.385 e. The highest BCUT2D eigenvalue weighted by Gasteiger charge is 2.26. The quantitative estimate of drug-likeness (QED) is 0.607. The summed E-state index contributed by atoms with van der Waals surface area (Å²) in [5.74, 6) is 0. The molecule has 0 saturated heterocycles. The van der Waals surface area contributed by atoms with Crippen LogP contribution in [0.5, 0.6) is 0 Å². The molecule has 0 bridgehead atoms. The zero-order valence-electron chi connectivity index (χ0n) is 11.6. The number of nitro benzene ring substituents is 1. The van der Waals surface area contributed by atoms with Crippen LogP contribution in [0.25, 0.3) is 0 Å². The van der Waals surface area contributed by atoms with Crippen LogP contribution in [0.1, 0.15) is 31.7 Å². The van der Waals surface area contributed by atoms with Gasteiger partial charge in [0.2, 0.25) is 0 Å². The summed E-state index contributed by atoms with van der Waals surface area (Å²) in [6.45, 7) is 3.75. The van der Waals surface area contributed by atoms with Crippen molar-refractivity contribution in [1.29, 1.82) is 0 Å². The van der Waals surface area contributed by atoms with Gasteiger partial charge in [0.15, 0.2) is 0 Å². The molecule has 0 atom stereocenters. The van der Waals surface area contributed by atoms with Gasteiger partial charge in [0.05, 0.1) is 4.92 Å². The maximum atomic E-state index is 10.9. The molecule has 0 aliphatic heterocycles. The Morgan fingerprint density at radius 2 is 2.21 bits per heavy atom. The lowest BCUT2D eigenvalue weighted by Crippen LogP contribution is -2.21. The fraction of sp³-hybridized carbons (Fsp3) is 0.571. The van der Waals surface area contributed by atoms with E-state index in [1.807, 2.05) is 6.07 Å². The van der Waals surface area contributed by atoms with Crippen molar-refractivity contribution in [3.8, 4) is 0 Å². The number of benzene rings is 1. The predicted octanol–water partition coefficient (Wildman–Crippen LogP) is 3.01. The summed E-state index contributed by atoms with van der Waals surface area (Å²) in [7, 11) is 2.08. The van der Waals surface area contributed by atoms with E-state index >= 15 is 0 Å². The van der Waals surface area contributed by atoms with Crippen molar-refractivity contribution in [3.05, 3.63) is 33.9 Å². The molecule has 1 aliphatic carbocycles. The molecule has 19 heavy (non-hydrogen) atoms. The van der Waals surface area contributed by atoms with Gasteiger partial charge in [-0.3, -0.25) is 15.0 Å². The van der Waals surface area contributed by atoms with Crippen LogP contribution < -0.4 is 5.32 Å². The summed E-state index contributed by atoms with van der Waals surface area (Å²) in [4.78, 5) is 12.8. The number of hydrogen-bond donors (Lipinski definition) is 1. The number of hydrogen-bond acceptors (Lipinski definition) is 4. The van der Waals surface area contributed by atoms with Gasteiger partial charge in [-0.15, -0.1) is 0 Å². The molecule has 0 aromatic heterocycles. The summed E-state index contributed by atoms with van der Waals surface area (Å²) in [6.07, 6.45) is 3.52. The van der Waals surface area contributed by atoms with Gasteiger partial charge < -0.3 is 5.32 Å². The molecule has 2 rings (SSSR count). The second-order valence-corrected chi connectivity index (χ2v) is 5.17. The Morgan fingerprint density at radius 1 is 1.47 bits per heavy atom. The Labute approximate surface area is 113 Å². The van der Waals surface area contributed by atoms with Gasteiger partial charge in [-0.2, -0.15) is 0 Å². The third-order valence-electron chi connectivity index (χ3n) is 3.46. The fourth-order valence-corrected chi connectivity index (χ4v) is 2.17. The average molecular weight is 263 g/mol. The minimum atomic E-state index is -0.329. The van der Waals surface area contributed by atoms with Crippen LogP contribution in [0.4, 0.5) is 11.4 Å². The van der Waals surface area contributed by atoms with E-state index in [-0.39, 0.29) is 10.6 Å². The van der Waals surface area contributed by atoms with Crippen LogP contribution in [0.3, 0.4) is 0 Å². The Morgan fingerprint density at radius 3 is 2.79 bits per heavy atom. The smallest absolute Gasteiger partial charge is 0.269 e. The Balaban J connectivity index is 2.18. The second-order valence-electron chi connectivity index (χ2n) is 5.17. The van der Waals surface area contributed by atoms with Gasteiger partial charge in [0.1, 0.15) is 0 Å². The zero-order valence-corrected chi connectivity index (χ0v) is 11.6. The van der Waals surface area contributed by atoms with Crippen molar-refractivity contribution in [2.75, 3.05) is 18.9 Å². The number of anilines is 1. The molecule has 1 aromatic rings. The third kappa shape index (κ3) is 3.67. The molecule has 1 N–H and O–H groups in total. The molecule has 0 radical (unpaired) electrons. The summed E-state index contributed by atoms with van der Waals surface area (Å²) >= 11 is 0. The first-order valence-corrected chi connectivity index (χ1v) is 6.83. The van der Waals surface area contributed by atoms with Gasteiger partial charge in [-0.25, -0.2) is 0 Å². The van der Waals surface area contributed by atoms with E-state index in [1.165, 1.54) is 12.8 Å². The minimum absolute atomic E-state index is 0.168. The predicted molar refractivity (Wildman–Crippen MR) is 76.4 cm³/mol. The third-order valence-corrected chi connectivity index (χ3v) is 3.46. The lowest BCUT2D eigenvalue weighted by Gasteiger charge is -2.18. The normalized spacial score (nSPS) is 14.7. The zero-order chi connectivity index (χ0) is 13.8. The molecule has 0 spiro atoms. The van der Waals surface area contributed by atoms with Gasteiger partial charge in [0.25, 0.3) is 5.69 Å². The molecule has 0 heterocycles. The Kier molecular flexibility index (Phi) is 4.37. The van der Waals surface area contributed by atoms with E-state index in [4.69, 9.17) is 0 Å². The van der Waals surface area contributed by atoms with Crippen molar-refractivity contribution in [2.45, 2.75) is 38.8 Å². The van der Waals surface area contributed by atoms with Crippen molar-refractivity contribution in [1.82, 2.24) is 4.90 Å². The monoisotopic (exact) mass is 263 g/mol. The lowest BCUT2D eigenvalue weighted by molar-refractivity contribution is -0.384. The van der Waals surface area contributed by atoms with E-state index in [0.717, 1.165) is 30.8 Å². The highest BCUT2D eigenvalue weighted by molar-refractivity contribution is 5.56. The van der Waals surface area contributed by atoms with Crippen LogP contribution in [0.15, 0.2) is 18.2 Å². The van der Waals surface area contributed by atoms with Crippen LogP contribution >= 0.6 is 0 Å². The molecule has 5 nitrogen and oxygen atoms in total. The van der Waals surface area contributed by atoms with E-state index in [9.17, 15) is 10.1 Å². The van der Waals surface area contributed by atoms with Crippen LogP contribution in [0.2, 0.25) is 0 Å². The number of nitro groups is 1.